The van der Waals surface area contributed by atoms with Crippen LogP contribution >= 0.6 is 11.6 Å². The third-order valence-corrected chi connectivity index (χ3v) is 5.69. The van der Waals surface area contributed by atoms with Crippen molar-refractivity contribution in [2.45, 2.75) is 12.8 Å². The van der Waals surface area contributed by atoms with E-state index >= 15 is 0 Å². The van der Waals surface area contributed by atoms with Gasteiger partial charge < -0.3 is 0 Å². The molecule has 0 fully saturated rings. The third kappa shape index (κ3) is 3.36. The number of aryl methyl sites for hydroxylation is 1. The second-order valence-corrected chi connectivity index (χ2v) is 7.62. The van der Waals surface area contributed by atoms with E-state index in [1.807, 2.05) is 66.7 Å². The van der Waals surface area contributed by atoms with Crippen molar-refractivity contribution in [2.75, 3.05) is 0 Å². The van der Waals surface area contributed by atoms with Crippen LogP contribution in [0.15, 0.2) is 84.0 Å². The van der Waals surface area contributed by atoms with E-state index in [0.717, 1.165) is 40.6 Å². The molecule has 1 N–H and O–H groups in total. The number of hydrogen-bond acceptors (Lipinski definition) is 3. The Morgan fingerprint density at radius 3 is 2.50 bits per heavy atom. The molecule has 30 heavy (non-hydrogen) atoms. The van der Waals surface area contributed by atoms with Crippen LogP contribution in [0.25, 0.3) is 22.2 Å². The van der Waals surface area contributed by atoms with E-state index in [1.165, 1.54) is 5.56 Å². The fraction of sp³-hybridized carbons (Fsp3) is 0.0800. The largest absolute Gasteiger partial charge is 0.272 e. The van der Waals surface area contributed by atoms with Gasteiger partial charge in [-0.05, 0) is 36.6 Å². The lowest BCUT2D eigenvalue weighted by Crippen LogP contribution is -2.20. The summed E-state index contributed by atoms with van der Waals surface area (Å²) in [7, 11) is 0. The van der Waals surface area contributed by atoms with Crippen LogP contribution in [0.4, 0.5) is 0 Å². The number of pyridine rings is 1. The zero-order chi connectivity index (χ0) is 20.5. The Bertz CT molecular complexity index is 1310. The third-order valence-electron chi connectivity index (χ3n) is 5.36. The summed E-state index contributed by atoms with van der Waals surface area (Å²) >= 11 is 6.37. The number of amides is 1. The number of aromatic nitrogens is 1. The van der Waals surface area contributed by atoms with Crippen molar-refractivity contribution in [1.82, 2.24) is 10.4 Å². The van der Waals surface area contributed by atoms with E-state index < -0.39 is 0 Å². The van der Waals surface area contributed by atoms with Crippen molar-refractivity contribution in [3.63, 3.8) is 0 Å². The summed E-state index contributed by atoms with van der Waals surface area (Å²) in [5.41, 5.74) is 8.73. The number of rotatable bonds is 3. The molecule has 4 aromatic rings. The minimum atomic E-state index is -0.265. The molecule has 5 heteroatoms. The van der Waals surface area contributed by atoms with Crippen molar-refractivity contribution in [1.29, 1.82) is 0 Å². The number of nitrogens with one attached hydrogen (secondary N) is 1. The van der Waals surface area contributed by atoms with Crippen LogP contribution in [0, 0.1) is 0 Å². The summed E-state index contributed by atoms with van der Waals surface area (Å²) in [4.78, 5) is 17.8. The van der Waals surface area contributed by atoms with Crippen molar-refractivity contribution in [3.05, 3.63) is 101 Å². The van der Waals surface area contributed by atoms with Gasteiger partial charge in [0.2, 0.25) is 0 Å². The molecule has 1 heterocycles. The molecule has 1 aromatic heterocycles. The molecule has 0 saturated heterocycles. The first-order valence-corrected chi connectivity index (χ1v) is 10.2. The van der Waals surface area contributed by atoms with E-state index in [2.05, 4.69) is 16.6 Å². The number of fused-ring (bicyclic) bond motifs is 2. The first kappa shape index (κ1) is 18.5. The Kier molecular flexibility index (Phi) is 4.77. The topological polar surface area (TPSA) is 54.4 Å². The van der Waals surface area contributed by atoms with Gasteiger partial charge in [-0.25, -0.2) is 10.4 Å². The molecule has 5 rings (SSSR count). The maximum absolute atomic E-state index is 13.1. The van der Waals surface area contributed by atoms with Gasteiger partial charge in [0.1, 0.15) is 0 Å². The maximum Gasteiger partial charge on any atom is 0.272 e. The molecular weight excluding hydrogens is 394 g/mol. The van der Waals surface area contributed by atoms with Crippen molar-refractivity contribution >= 4 is 34.1 Å². The van der Waals surface area contributed by atoms with Crippen LogP contribution in [0.3, 0.4) is 0 Å². The summed E-state index contributed by atoms with van der Waals surface area (Å²) < 4.78 is 0. The fourth-order valence-electron chi connectivity index (χ4n) is 3.87. The quantitative estimate of drug-likeness (QED) is 0.444. The number of para-hydroxylation sites is 1. The highest BCUT2D eigenvalue weighted by atomic mass is 35.5. The molecule has 1 amide bonds. The summed E-state index contributed by atoms with van der Waals surface area (Å²) in [5, 5.41) is 5.81. The summed E-state index contributed by atoms with van der Waals surface area (Å²) in [6, 6.07) is 25.0. The molecular formula is C25H18ClN3O. The highest BCUT2D eigenvalue weighted by Gasteiger charge is 2.19. The highest BCUT2D eigenvalue weighted by molar-refractivity contribution is 6.33. The van der Waals surface area contributed by atoms with E-state index in [4.69, 9.17) is 16.6 Å². The molecule has 146 valence electrons. The molecule has 1 aliphatic rings. The van der Waals surface area contributed by atoms with E-state index in [1.54, 1.807) is 6.07 Å². The first-order valence-electron chi connectivity index (χ1n) is 9.80. The zero-order valence-electron chi connectivity index (χ0n) is 16.1. The van der Waals surface area contributed by atoms with Crippen molar-refractivity contribution in [3.8, 4) is 11.3 Å². The maximum atomic E-state index is 13.1. The van der Waals surface area contributed by atoms with Gasteiger partial charge in [0.25, 0.3) is 5.91 Å². The number of benzene rings is 3. The van der Waals surface area contributed by atoms with Crippen LogP contribution in [0.1, 0.15) is 27.9 Å². The summed E-state index contributed by atoms with van der Waals surface area (Å²) in [6.07, 6.45) is 1.77. The van der Waals surface area contributed by atoms with Gasteiger partial charge in [-0.1, -0.05) is 72.3 Å². The number of nitrogens with zero attached hydrogens (tertiary/aromatic N) is 2. The molecule has 0 saturated carbocycles. The van der Waals surface area contributed by atoms with Crippen LogP contribution in [0.2, 0.25) is 5.02 Å². The molecule has 0 aliphatic heterocycles. The van der Waals surface area contributed by atoms with Crippen LogP contribution in [-0.4, -0.2) is 16.6 Å². The SMILES string of the molecule is O=C(N/N=C1/CCc2ccccc21)c1cc(-c2ccccc2Cl)nc2ccccc12. The average Bonchev–Trinajstić information content (AvgIpc) is 3.20. The van der Waals surface area contributed by atoms with Gasteiger partial charge in [0.05, 0.1) is 22.5 Å². The highest BCUT2D eigenvalue weighted by Crippen LogP contribution is 2.30. The number of hydrazone groups is 1. The number of halogens is 1. The standard InChI is InChI=1S/C25H18ClN3O/c26-21-11-5-3-10-19(21)24-15-20(18-9-4-6-12-22(18)27-24)25(30)29-28-23-14-13-16-7-1-2-8-17(16)23/h1-12,15H,13-14H2,(H,29,30)/b28-23-. The van der Waals surface area contributed by atoms with Gasteiger partial charge in [0, 0.05) is 21.5 Å². The number of carbonyl (C=O) groups excluding carboxylic acids is 1. The Balaban J connectivity index is 1.54. The minimum Gasteiger partial charge on any atom is -0.267 e. The van der Waals surface area contributed by atoms with E-state index in [-0.39, 0.29) is 5.91 Å². The molecule has 0 bridgehead atoms. The van der Waals surface area contributed by atoms with Gasteiger partial charge in [-0.3, -0.25) is 4.79 Å². The Hall–Kier alpha value is -3.50. The number of hydrogen-bond donors (Lipinski definition) is 1. The second-order valence-electron chi connectivity index (χ2n) is 7.21. The van der Waals surface area contributed by atoms with Gasteiger partial charge in [-0.2, -0.15) is 5.10 Å². The van der Waals surface area contributed by atoms with Crippen LogP contribution in [0.5, 0.6) is 0 Å². The Labute approximate surface area is 179 Å². The molecule has 0 unspecified atom stereocenters. The normalized spacial score (nSPS) is 14.1. The van der Waals surface area contributed by atoms with Crippen molar-refractivity contribution < 1.29 is 4.79 Å². The Morgan fingerprint density at radius 1 is 0.900 bits per heavy atom. The zero-order valence-corrected chi connectivity index (χ0v) is 16.9. The van der Waals surface area contributed by atoms with Crippen molar-refractivity contribution in [2.24, 2.45) is 5.10 Å². The minimum absolute atomic E-state index is 0.265. The molecule has 3 aromatic carbocycles. The van der Waals surface area contributed by atoms with Crippen LogP contribution in [-0.2, 0) is 6.42 Å². The molecule has 4 nitrogen and oxygen atoms in total. The van der Waals surface area contributed by atoms with Gasteiger partial charge >= 0.3 is 0 Å². The smallest absolute Gasteiger partial charge is 0.267 e. The molecule has 1 aliphatic carbocycles. The molecule has 0 spiro atoms. The average molecular weight is 412 g/mol. The van der Waals surface area contributed by atoms with Crippen LogP contribution < -0.4 is 5.43 Å². The predicted molar refractivity (Wildman–Crippen MR) is 121 cm³/mol. The Morgan fingerprint density at radius 2 is 1.63 bits per heavy atom. The fourth-order valence-corrected chi connectivity index (χ4v) is 4.10. The van der Waals surface area contributed by atoms with Gasteiger partial charge in [-0.15, -0.1) is 0 Å². The molecule has 0 atom stereocenters. The predicted octanol–water partition coefficient (Wildman–Crippen LogP) is 5.64. The lowest BCUT2D eigenvalue weighted by Gasteiger charge is -2.10. The number of carbonyl (C=O) groups is 1. The van der Waals surface area contributed by atoms with Gasteiger partial charge in [0.15, 0.2) is 0 Å². The summed E-state index contributed by atoms with van der Waals surface area (Å²) in [6.45, 7) is 0. The second kappa shape index (κ2) is 7.73. The molecule has 0 radical (unpaired) electrons. The van der Waals surface area contributed by atoms with E-state index in [9.17, 15) is 4.79 Å². The first-order chi connectivity index (χ1) is 14.7. The lowest BCUT2D eigenvalue weighted by molar-refractivity contribution is 0.0956. The monoisotopic (exact) mass is 411 g/mol. The van der Waals surface area contributed by atoms with E-state index in [0.29, 0.717) is 16.3 Å². The summed E-state index contributed by atoms with van der Waals surface area (Å²) in [5.74, 6) is -0.265. The lowest BCUT2D eigenvalue weighted by atomic mass is 10.0.